The van der Waals surface area contributed by atoms with Gasteiger partial charge in [-0.3, -0.25) is 4.79 Å². The van der Waals surface area contributed by atoms with Gasteiger partial charge in [0.2, 0.25) is 0 Å². The van der Waals surface area contributed by atoms with E-state index in [1.54, 1.807) is 6.21 Å². The Bertz CT molecular complexity index is 1280. The summed E-state index contributed by atoms with van der Waals surface area (Å²) in [7, 11) is 0. The van der Waals surface area contributed by atoms with Crippen LogP contribution in [0.1, 0.15) is 12.5 Å². The van der Waals surface area contributed by atoms with Crippen LogP contribution in [0.5, 0.6) is 11.5 Å². The van der Waals surface area contributed by atoms with E-state index in [0.717, 1.165) is 22.7 Å². The minimum absolute atomic E-state index is 0.160. The molecule has 1 aromatic heterocycles. The average molecular weight is 492 g/mol. The van der Waals surface area contributed by atoms with Gasteiger partial charge in [0.1, 0.15) is 11.5 Å². The van der Waals surface area contributed by atoms with E-state index < -0.39 is 0 Å². The number of para-hydroxylation sites is 1. The summed E-state index contributed by atoms with van der Waals surface area (Å²) in [4.78, 5) is 12.3. The Kier molecular flexibility index (Phi) is 7.95. The van der Waals surface area contributed by atoms with E-state index in [9.17, 15) is 4.79 Å². The van der Waals surface area contributed by atoms with Crippen LogP contribution < -0.4 is 10.2 Å². The average Bonchev–Trinajstić information content (AvgIpc) is 3.27. The van der Waals surface area contributed by atoms with Crippen LogP contribution in [0.25, 0.3) is 11.4 Å². The molecule has 0 aliphatic rings. The first-order chi connectivity index (χ1) is 16.6. The summed E-state index contributed by atoms with van der Waals surface area (Å²) in [6, 6.07) is 24.4. The molecule has 34 heavy (non-hydrogen) atoms. The Morgan fingerprint density at radius 2 is 1.82 bits per heavy atom. The lowest BCUT2D eigenvalue weighted by atomic mass is 10.2. The minimum Gasteiger partial charge on any atom is -0.457 e. The lowest BCUT2D eigenvalue weighted by Gasteiger charge is -2.07. The smallest absolute Gasteiger partial charge is 0.250 e. The number of hydrogen-bond acceptors (Lipinski definition) is 6. The zero-order valence-electron chi connectivity index (χ0n) is 18.4. The van der Waals surface area contributed by atoms with Crippen molar-refractivity contribution < 1.29 is 9.53 Å². The molecule has 9 heteroatoms. The molecule has 7 nitrogen and oxygen atoms in total. The molecule has 0 atom stereocenters. The number of nitrogens with one attached hydrogen (secondary N) is 1. The van der Waals surface area contributed by atoms with Crippen molar-refractivity contribution in [3.63, 3.8) is 0 Å². The highest BCUT2D eigenvalue weighted by atomic mass is 35.5. The van der Waals surface area contributed by atoms with Gasteiger partial charge in [0.05, 0.1) is 12.0 Å². The number of thioether (sulfide) groups is 1. The maximum Gasteiger partial charge on any atom is 0.250 e. The molecular formula is C25H22ClN5O2S. The van der Waals surface area contributed by atoms with Gasteiger partial charge in [-0.05, 0) is 61.0 Å². The number of halogens is 1. The van der Waals surface area contributed by atoms with Gasteiger partial charge in [-0.15, -0.1) is 10.2 Å². The zero-order valence-corrected chi connectivity index (χ0v) is 20.0. The number of hydrazone groups is 1. The third kappa shape index (κ3) is 6.24. The molecule has 0 unspecified atom stereocenters. The molecule has 0 aliphatic carbocycles. The molecule has 1 amide bonds. The van der Waals surface area contributed by atoms with Crippen molar-refractivity contribution in [2.75, 3.05) is 5.75 Å². The monoisotopic (exact) mass is 491 g/mol. The molecular weight excluding hydrogens is 470 g/mol. The van der Waals surface area contributed by atoms with Crippen molar-refractivity contribution in [3.05, 3.63) is 89.4 Å². The van der Waals surface area contributed by atoms with Gasteiger partial charge in [-0.25, -0.2) is 5.43 Å². The molecule has 0 spiro atoms. The molecule has 0 saturated carbocycles. The second-order valence-electron chi connectivity index (χ2n) is 7.13. The highest BCUT2D eigenvalue weighted by Crippen LogP contribution is 2.25. The van der Waals surface area contributed by atoms with Gasteiger partial charge in [0.15, 0.2) is 11.0 Å². The number of carbonyl (C=O) groups excluding carboxylic acids is 1. The number of amides is 1. The highest BCUT2D eigenvalue weighted by Gasteiger charge is 2.14. The molecule has 3 aromatic carbocycles. The van der Waals surface area contributed by atoms with Crippen LogP contribution in [0.4, 0.5) is 0 Å². The third-order valence-electron chi connectivity index (χ3n) is 4.71. The maximum absolute atomic E-state index is 12.3. The summed E-state index contributed by atoms with van der Waals surface area (Å²) >= 11 is 7.28. The van der Waals surface area contributed by atoms with Crippen LogP contribution in [-0.4, -0.2) is 32.6 Å². The first-order valence-electron chi connectivity index (χ1n) is 10.6. The largest absolute Gasteiger partial charge is 0.457 e. The molecule has 0 bridgehead atoms. The Balaban J connectivity index is 1.32. The second-order valence-corrected chi connectivity index (χ2v) is 8.51. The molecule has 4 rings (SSSR count). The Morgan fingerprint density at radius 3 is 2.59 bits per heavy atom. The standard InChI is InChI=1S/C25H22ClN5O2S/c1-2-31-24(19-11-13-20(26)14-12-19)29-30-25(31)34-17-23(32)28-27-16-18-7-6-10-22(15-18)33-21-8-4-3-5-9-21/h3-16H,2,17H2,1H3,(H,28,32). The maximum atomic E-state index is 12.3. The normalized spacial score (nSPS) is 11.0. The van der Waals surface area contributed by atoms with Crippen molar-refractivity contribution in [1.29, 1.82) is 0 Å². The number of ether oxygens (including phenoxy) is 1. The Hall–Kier alpha value is -3.62. The van der Waals surface area contributed by atoms with Gasteiger partial charge in [-0.1, -0.05) is 53.7 Å². The fourth-order valence-corrected chi connectivity index (χ4v) is 4.04. The number of hydrogen-bond donors (Lipinski definition) is 1. The third-order valence-corrected chi connectivity index (χ3v) is 5.93. The molecule has 4 aromatic rings. The second kappa shape index (κ2) is 11.5. The van der Waals surface area contributed by atoms with E-state index >= 15 is 0 Å². The highest BCUT2D eigenvalue weighted by molar-refractivity contribution is 7.99. The van der Waals surface area contributed by atoms with Gasteiger partial charge >= 0.3 is 0 Å². The van der Waals surface area contributed by atoms with Crippen LogP contribution in [-0.2, 0) is 11.3 Å². The van der Waals surface area contributed by atoms with Crippen molar-refractivity contribution in [3.8, 4) is 22.9 Å². The Morgan fingerprint density at radius 1 is 1.06 bits per heavy atom. The number of carbonyl (C=O) groups is 1. The van der Waals surface area contributed by atoms with E-state index in [4.69, 9.17) is 16.3 Å². The fourth-order valence-electron chi connectivity index (χ4n) is 3.12. The summed E-state index contributed by atoms with van der Waals surface area (Å²) in [5.41, 5.74) is 4.27. The molecule has 0 fully saturated rings. The van der Waals surface area contributed by atoms with Crippen molar-refractivity contribution in [1.82, 2.24) is 20.2 Å². The van der Waals surface area contributed by atoms with Crippen molar-refractivity contribution >= 4 is 35.5 Å². The number of nitrogens with zero attached hydrogens (tertiary/aromatic N) is 4. The molecule has 1 heterocycles. The van der Waals surface area contributed by atoms with Crippen molar-refractivity contribution in [2.45, 2.75) is 18.6 Å². The quantitative estimate of drug-likeness (QED) is 0.186. The topological polar surface area (TPSA) is 81.4 Å². The van der Waals surface area contributed by atoms with E-state index in [0.29, 0.717) is 22.5 Å². The van der Waals surface area contributed by atoms with Gasteiger partial charge in [0.25, 0.3) is 5.91 Å². The minimum atomic E-state index is -0.239. The molecule has 172 valence electrons. The number of rotatable bonds is 9. The Labute approximate surface area is 206 Å². The first kappa shape index (κ1) is 23.5. The van der Waals surface area contributed by atoms with E-state index in [2.05, 4.69) is 20.7 Å². The van der Waals surface area contributed by atoms with Crippen LogP contribution in [0, 0.1) is 0 Å². The lowest BCUT2D eigenvalue weighted by Crippen LogP contribution is -2.20. The summed E-state index contributed by atoms with van der Waals surface area (Å²) in [5.74, 6) is 2.09. The fraction of sp³-hybridized carbons (Fsp3) is 0.120. The molecule has 0 aliphatic heterocycles. The van der Waals surface area contributed by atoms with Crippen LogP contribution in [0.2, 0.25) is 5.02 Å². The van der Waals surface area contributed by atoms with E-state index in [1.807, 2.05) is 90.4 Å². The van der Waals surface area contributed by atoms with E-state index in [-0.39, 0.29) is 11.7 Å². The summed E-state index contributed by atoms with van der Waals surface area (Å²) in [5, 5.41) is 13.9. The van der Waals surface area contributed by atoms with Crippen LogP contribution in [0.15, 0.2) is 89.1 Å². The van der Waals surface area contributed by atoms with Crippen LogP contribution >= 0.6 is 23.4 Å². The molecule has 0 radical (unpaired) electrons. The predicted octanol–water partition coefficient (Wildman–Crippen LogP) is 5.65. The van der Waals surface area contributed by atoms with Crippen LogP contribution in [0.3, 0.4) is 0 Å². The zero-order chi connectivity index (χ0) is 23.8. The SMILES string of the molecule is CCn1c(SCC(=O)NN=Cc2cccc(Oc3ccccc3)c2)nnc1-c1ccc(Cl)cc1. The first-order valence-corrected chi connectivity index (χ1v) is 12.0. The molecule has 1 N–H and O–H groups in total. The molecule has 0 saturated heterocycles. The number of aromatic nitrogens is 3. The van der Waals surface area contributed by atoms with Gasteiger partial charge in [0, 0.05) is 17.1 Å². The summed E-state index contributed by atoms with van der Waals surface area (Å²) < 4.78 is 7.78. The van der Waals surface area contributed by atoms with Gasteiger partial charge < -0.3 is 9.30 Å². The lowest BCUT2D eigenvalue weighted by molar-refractivity contribution is -0.118. The number of benzene rings is 3. The van der Waals surface area contributed by atoms with E-state index in [1.165, 1.54) is 11.8 Å². The summed E-state index contributed by atoms with van der Waals surface area (Å²) in [6.45, 7) is 2.68. The van der Waals surface area contributed by atoms with Gasteiger partial charge in [-0.2, -0.15) is 5.10 Å². The summed E-state index contributed by atoms with van der Waals surface area (Å²) in [6.07, 6.45) is 1.58. The predicted molar refractivity (Wildman–Crippen MR) is 136 cm³/mol. The van der Waals surface area contributed by atoms with Crippen molar-refractivity contribution in [2.24, 2.45) is 5.10 Å².